The summed E-state index contributed by atoms with van der Waals surface area (Å²) in [5.74, 6) is 0.172. The van der Waals surface area contributed by atoms with Gasteiger partial charge in [-0.25, -0.2) is 9.59 Å². The molecule has 0 spiro atoms. The Labute approximate surface area is 183 Å². The molecule has 0 fully saturated rings. The van der Waals surface area contributed by atoms with E-state index in [1.807, 2.05) is 62.4 Å². The lowest BCUT2D eigenvalue weighted by molar-refractivity contribution is -0.139. The van der Waals surface area contributed by atoms with E-state index < -0.39 is 12.0 Å². The molecule has 2 aromatic rings. The van der Waals surface area contributed by atoms with Crippen molar-refractivity contribution >= 4 is 12.0 Å². The topological polar surface area (TPSA) is 67.9 Å². The van der Waals surface area contributed by atoms with Gasteiger partial charge in [0.2, 0.25) is 0 Å². The number of carbonyl (C=O) groups is 2. The van der Waals surface area contributed by atoms with Gasteiger partial charge in [-0.15, -0.1) is 6.58 Å². The molecule has 1 aliphatic heterocycles. The second-order valence-corrected chi connectivity index (χ2v) is 7.32. The fourth-order valence-corrected chi connectivity index (χ4v) is 3.56. The number of nitrogens with one attached hydrogen (secondary N) is 1. The lowest BCUT2D eigenvalue weighted by atomic mass is 9.91. The van der Waals surface area contributed by atoms with Gasteiger partial charge in [0.15, 0.2) is 0 Å². The van der Waals surface area contributed by atoms with Crippen molar-refractivity contribution in [2.45, 2.75) is 26.8 Å². The molecule has 0 saturated carbocycles. The van der Waals surface area contributed by atoms with Crippen molar-refractivity contribution in [3.63, 3.8) is 0 Å². The minimum Gasteiger partial charge on any atom is -0.487 e. The molecule has 6 heteroatoms. The highest BCUT2D eigenvalue weighted by atomic mass is 16.5. The Balaban J connectivity index is 2.10. The molecule has 1 N–H and O–H groups in total. The standard InChI is InChI=1S/C25H28N2O4/c1-5-15-27-21(16-31-19-13-11-17(3)12-14-19)22(24(28)30-6-2)23(26-25(27)29)20-10-8-7-9-18(20)4/h5,7-14,23H,1,6,15-16H2,2-4H3,(H,26,29)/t23-/m0/s1. The zero-order chi connectivity index (χ0) is 22.4. The molecule has 162 valence electrons. The van der Waals surface area contributed by atoms with Gasteiger partial charge in [-0.1, -0.05) is 48.0 Å². The number of hydrogen-bond donors (Lipinski definition) is 1. The maximum absolute atomic E-state index is 13.1. The van der Waals surface area contributed by atoms with Crippen LogP contribution in [0.2, 0.25) is 0 Å². The molecular weight excluding hydrogens is 392 g/mol. The second-order valence-electron chi connectivity index (χ2n) is 7.32. The minimum atomic E-state index is -0.634. The number of rotatable bonds is 8. The third-order valence-electron chi connectivity index (χ3n) is 5.14. The van der Waals surface area contributed by atoms with Crippen LogP contribution in [0.1, 0.15) is 29.7 Å². The number of amides is 2. The van der Waals surface area contributed by atoms with Crippen molar-refractivity contribution in [3.05, 3.63) is 89.1 Å². The molecule has 0 radical (unpaired) electrons. The third kappa shape index (κ3) is 4.97. The monoisotopic (exact) mass is 420 g/mol. The molecule has 0 bridgehead atoms. The zero-order valence-corrected chi connectivity index (χ0v) is 18.2. The lowest BCUT2D eigenvalue weighted by Crippen LogP contribution is -2.50. The van der Waals surface area contributed by atoms with E-state index in [9.17, 15) is 9.59 Å². The van der Waals surface area contributed by atoms with E-state index in [1.54, 1.807) is 13.0 Å². The number of urea groups is 1. The quantitative estimate of drug-likeness (QED) is 0.506. The SMILES string of the molecule is C=CCN1C(=O)N[C@@H](c2ccccc2C)C(C(=O)OCC)=C1COc1ccc(C)cc1. The number of esters is 1. The third-order valence-corrected chi connectivity index (χ3v) is 5.14. The highest BCUT2D eigenvalue weighted by molar-refractivity contribution is 5.95. The first kappa shape index (κ1) is 22.2. The molecule has 1 atom stereocenters. The first-order valence-electron chi connectivity index (χ1n) is 10.3. The van der Waals surface area contributed by atoms with E-state index in [0.717, 1.165) is 16.7 Å². The predicted molar refractivity (Wildman–Crippen MR) is 120 cm³/mol. The summed E-state index contributed by atoms with van der Waals surface area (Å²) in [7, 11) is 0. The van der Waals surface area contributed by atoms with Crippen LogP contribution in [0.15, 0.2) is 72.5 Å². The fourth-order valence-electron chi connectivity index (χ4n) is 3.56. The zero-order valence-electron chi connectivity index (χ0n) is 18.2. The van der Waals surface area contributed by atoms with Gasteiger partial charge < -0.3 is 14.8 Å². The molecule has 0 aromatic heterocycles. The highest BCUT2D eigenvalue weighted by Gasteiger charge is 2.38. The van der Waals surface area contributed by atoms with E-state index in [-0.39, 0.29) is 25.8 Å². The fraction of sp³-hybridized carbons (Fsp3) is 0.280. The van der Waals surface area contributed by atoms with Crippen LogP contribution < -0.4 is 10.1 Å². The van der Waals surface area contributed by atoms with Crippen molar-refractivity contribution in [1.82, 2.24) is 10.2 Å². The number of benzene rings is 2. The van der Waals surface area contributed by atoms with Crippen LogP contribution in [-0.2, 0) is 9.53 Å². The molecule has 0 aliphatic carbocycles. The van der Waals surface area contributed by atoms with Crippen LogP contribution in [0.25, 0.3) is 0 Å². The summed E-state index contributed by atoms with van der Waals surface area (Å²) in [4.78, 5) is 27.5. The number of nitrogens with zero attached hydrogens (tertiary/aromatic N) is 1. The van der Waals surface area contributed by atoms with E-state index in [1.165, 1.54) is 4.90 Å². The van der Waals surface area contributed by atoms with Crippen molar-refractivity contribution in [2.75, 3.05) is 19.8 Å². The Bertz CT molecular complexity index is 995. The Morgan fingerprint density at radius 1 is 1.16 bits per heavy atom. The number of ether oxygens (including phenoxy) is 2. The molecule has 6 nitrogen and oxygen atoms in total. The molecule has 31 heavy (non-hydrogen) atoms. The summed E-state index contributed by atoms with van der Waals surface area (Å²) in [6, 6.07) is 14.3. The summed E-state index contributed by atoms with van der Waals surface area (Å²) in [6.45, 7) is 9.95. The lowest BCUT2D eigenvalue weighted by Gasteiger charge is -2.36. The number of carbonyl (C=O) groups excluding carboxylic acids is 2. The Hall–Kier alpha value is -3.54. The normalized spacial score (nSPS) is 16.0. The Morgan fingerprint density at radius 2 is 1.87 bits per heavy atom. The molecule has 1 aliphatic rings. The van der Waals surface area contributed by atoms with Crippen molar-refractivity contribution in [1.29, 1.82) is 0 Å². The summed E-state index contributed by atoms with van der Waals surface area (Å²) in [6.07, 6.45) is 1.61. The molecule has 0 unspecified atom stereocenters. The van der Waals surface area contributed by atoms with Crippen LogP contribution in [-0.4, -0.2) is 36.7 Å². The van der Waals surface area contributed by atoms with E-state index >= 15 is 0 Å². The van der Waals surface area contributed by atoms with Gasteiger partial charge >= 0.3 is 12.0 Å². The summed E-state index contributed by atoms with van der Waals surface area (Å²) in [5, 5.41) is 2.96. The van der Waals surface area contributed by atoms with Crippen LogP contribution in [0.3, 0.4) is 0 Å². The molecule has 2 aromatic carbocycles. The molecule has 1 heterocycles. The largest absolute Gasteiger partial charge is 0.487 e. The predicted octanol–water partition coefficient (Wildman–Crippen LogP) is 4.45. The van der Waals surface area contributed by atoms with Gasteiger partial charge in [0.05, 0.1) is 23.9 Å². The summed E-state index contributed by atoms with van der Waals surface area (Å²) >= 11 is 0. The number of aryl methyl sites for hydroxylation is 2. The molecule has 0 saturated heterocycles. The average molecular weight is 421 g/mol. The van der Waals surface area contributed by atoms with Crippen LogP contribution >= 0.6 is 0 Å². The van der Waals surface area contributed by atoms with Crippen molar-refractivity contribution in [3.8, 4) is 5.75 Å². The van der Waals surface area contributed by atoms with Gasteiger partial charge in [0.1, 0.15) is 12.4 Å². The van der Waals surface area contributed by atoms with Gasteiger partial charge in [0.25, 0.3) is 0 Å². The van der Waals surface area contributed by atoms with Gasteiger partial charge in [-0.2, -0.15) is 0 Å². The molecule has 2 amide bonds. The van der Waals surface area contributed by atoms with Crippen molar-refractivity contribution in [2.24, 2.45) is 0 Å². The summed E-state index contributed by atoms with van der Waals surface area (Å²) in [5.41, 5.74) is 3.75. The van der Waals surface area contributed by atoms with E-state index in [2.05, 4.69) is 11.9 Å². The van der Waals surface area contributed by atoms with Crippen molar-refractivity contribution < 1.29 is 19.1 Å². The average Bonchev–Trinajstić information content (AvgIpc) is 2.75. The van der Waals surface area contributed by atoms with E-state index in [4.69, 9.17) is 9.47 Å². The maximum atomic E-state index is 13.1. The number of hydrogen-bond acceptors (Lipinski definition) is 4. The Kier molecular flexibility index (Phi) is 7.13. The van der Waals surface area contributed by atoms with Crippen LogP contribution in [0.4, 0.5) is 4.79 Å². The summed E-state index contributed by atoms with van der Waals surface area (Å²) < 4.78 is 11.4. The highest BCUT2D eigenvalue weighted by Crippen LogP contribution is 2.33. The smallest absolute Gasteiger partial charge is 0.338 e. The minimum absolute atomic E-state index is 0.0425. The molecule has 3 rings (SSSR count). The molecular formula is C25H28N2O4. The second kappa shape index (κ2) is 9.98. The first-order chi connectivity index (χ1) is 15.0. The van der Waals surface area contributed by atoms with Crippen LogP contribution in [0.5, 0.6) is 5.75 Å². The van der Waals surface area contributed by atoms with Crippen LogP contribution in [0, 0.1) is 13.8 Å². The Morgan fingerprint density at radius 3 is 2.52 bits per heavy atom. The van der Waals surface area contributed by atoms with Gasteiger partial charge in [0, 0.05) is 6.54 Å². The van der Waals surface area contributed by atoms with E-state index in [0.29, 0.717) is 17.0 Å². The first-order valence-corrected chi connectivity index (χ1v) is 10.3. The maximum Gasteiger partial charge on any atom is 0.338 e. The van der Waals surface area contributed by atoms with Gasteiger partial charge in [-0.3, -0.25) is 4.90 Å². The van der Waals surface area contributed by atoms with Gasteiger partial charge in [-0.05, 0) is 44.0 Å².